The molecule has 0 bridgehead atoms. The molecule has 0 unspecified atom stereocenters. The van der Waals surface area contributed by atoms with Crippen LogP contribution in [-0.2, 0) is 11.3 Å². The molecule has 3 rings (SSSR count). The molecule has 0 spiro atoms. The van der Waals surface area contributed by atoms with Crippen LogP contribution in [0.3, 0.4) is 0 Å². The molecule has 0 aliphatic carbocycles. The Bertz CT molecular complexity index is 800. The van der Waals surface area contributed by atoms with E-state index < -0.39 is 0 Å². The summed E-state index contributed by atoms with van der Waals surface area (Å²) in [6.45, 7) is 0.464. The van der Waals surface area contributed by atoms with E-state index in [4.69, 9.17) is 0 Å². The van der Waals surface area contributed by atoms with Crippen LogP contribution in [0, 0.1) is 0 Å². The van der Waals surface area contributed by atoms with Gasteiger partial charge in [-0.1, -0.05) is 24.3 Å². The summed E-state index contributed by atoms with van der Waals surface area (Å²) in [6.07, 6.45) is 4.22. The highest BCUT2D eigenvalue weighted by Crippen LogP contribution is 2.31. The summed E-state index contributed by atoms with van der Waals surface area (Å²) in [7, 11) is 0. The minimum absolute atomic E-state index is 0.237. The maximum absolute atomic E-state index is 10.5. The van der Waals surface area contributed by atoms with Gasteiger partial charge in [0.25, 0.3) is 0 Å². The Hall–Kier alpha value is -2.88. The van der Waals surface area contributed by atoms with Crippen LogP contribution in [-0.4, -0.2) is 16.5 Å². The summed E-state index contributed by atoms with van der Waals surface area (Å²) >= 11 is 0. The first-order chi connectivity index (χ1) is 10.3. The number of rotatable bonds is 4. The van der Waals surface area contributed by atoms with Crippen molar-refractivity contribution in [3.63, 3.8) is 0 Å². The number of amides is 1. The molecule has 21 heavy (non-hydrogen) atoms. The van der Waals surface area contributed by atoms with E-state index in [-0.39, 0.29) is 5.75 Å². The normalized spacial score (nSPS) is 10.5. The van der Waals surface area contributed by atoms with Crippen molar-refractivity contribution in [3.8, 4) is 16.9 Å². The zero-order valence-corrected chi connectivity index (χ0v) is 11.3. The van der Waals surface area contributed by atoms with Gasteiger partial charge in [-0.15, -0.1) is 0 Å². The van der Waals surface area contributed by atoms with Gasteiger partial charge < -0.3 is 10.4 Å². The first-order valence-electron chi connectivity index (χ1n) is 6.61. The smallest absolute Gasteiger partial charge is 0.207 e. The van der Waals surface area contributed by atoms with Crippen LogP contribution >= 0.6 is 0 Å². The van der Waals surface area contributed by atoms with Gasteiger partial charge in [-0.3, -0.25) is 9.78 Å². The first-order valence-corrected chi connectivity index (χ1v) is 6.61. The van der Waals surface area contributed by atoms with Crippen molar-refractivity contribution >= 4 is 17.2 Å². The standard InChI is InChI=1S/C17H14N2O2/c20-11-19-9-13-4-5-15(12-2-1-3-14(21)8-12)16-6-7-18-10-17(13)16/h1-8,10-11,21H,9H2,(H,19,20). The van der Waals surface area contributed by atoms with Crippen molar-refractivity contribution in [1.29, 1.82) is 0 Å². The number of hydrogen-bond donors (Lipinski definition) is 2. The molecule has 1 heterocycles. The van der Waals surface area contributed by atoms with Gasteiger partial charge in [0.1, 0.15) is 5.75 Å². The molecule has 0 aliphatic rings. The Labute approximate surface area is 122 Å². The molecule has 2 aromatic carbocycles. The number of benzene rings is 2. The SMILES string of the molecule is O=CNCc1ccc(-c2cccc(O)c2)c2ccncc12. The topological polar surface area (TPSA) is 62.2 Å². The second-order valence-corrected chi connectivity index (χ2v) is 4.74. The molecule has 0 fully saturated rings. The van der Waals surface area contributed by atoms with Gasteiger partial charge in [0, 0.05) is 24.3 Å². The Balaban J connectivity index is 2.19. The molecule has 0 aliphatic heterocycles. The average Bonchev–Trinajstić information content (AvgIpc) is 2.52. The minimum atomic E-state index is 0.237. The number of phenolic OH excluding ortho intramolecular Hbond substituents is 1. The molecule has 2 N–H and O–H groups in total. The monoisotopic (exact) mass is 278 g/mol. The van der Waals surface area contributed by atoms with Crippen molar-refractivity contribution in [2.45, 2.75) is 6.54 Å². The lowest BCUT2D eigenvalue weighted by atomic mass is 9.96. The number of phenols is 1. The lowest BCUT2D eigenvalue weighted by Gasteiger charge is -2.11. The third-order valence-electron chi connectivity index (χ3n) is 3.44. The number of nitrogens with one attached hydrogen (secondary N) is 1. The lowest BCUT2D eigenvalue weighted by Crippen LogP contribution is -2.10. The Morgan fingerprint density at radius 1 is 1.14 bits per heavy atom. The summed E-state index contributed by atoms with van der Waals surface area (Å²) in [5, 5.41) is 14.4. The van der Waals surface area contributed by atoms with Crippen LogP contribution < -0.4 is 5.32 Å². The molecule has 0 atom stereocenters. The Morgan fingerprint density at radius 3 is 2.86 bits per heavy atom. The molecular formula is C17H14N2O2. The van der Waals surface area contributed by atoms with E-state index in [1.165, 1.54) is 0 Å². The van der Waals surface area contributed by atoms with Crippen molar-refractivity contribution < 1.29 is 9.90 Å². The predicted molar refractivity (Wildman–Crippen MR) is 81.7 cm³/mol. The largest absolute Gasteiger partial charge is 0.508 e. The maximum Gasteiger partial charge on any atom is 0.207 e. The molecule has 104 valence electrons. The van der Waals surface area contributed by atoms with Crippen LogP contribution in [0.5, 0.6) is 5.75 Å². The van der Waals surface area contributed by atoms with Gasteiger partial charge >= 0.3 is 0 Å². The molecule has 4 nitrogen and oxygen atoms in total. The molecule has 3 aromatic rings. The number of carbonyl (C=O) groups is 1. The molecule has 1 amide bonds. The fourth-order valence-corrected chi connectivity index (χ4v) is 2.48. The number of nitrogens with zero attached hydrogens (tertiary/aromatic N) is 1. The van der Waals surface area contributed by atoms with Crippen LogP contribution in [0.25, 0.3) is 21.9 Å². The van der Waals surface area contributed by atoms with E-state index in [0.29, 0.717) is 13.0 Å². The number of aromatic hydroxyl groups is 1. The molecule has 1 aromatic heterocycles. The second-order valence-electron chi connectivity index (χ2n) is 4.74. The first kappa shape index (κ1) is 13.1. The van der Waals surface area contributed by atoms with Crippen LogP contribution in [0.4, 0.5) is 0 Å². The van der Waals surface area contributed by atoms with E-state index >= 15 is 0 Å². The van der Waals surface area contributed by atoms with E-state index in [1.54, 1.807) is 24.5 Å². The van der Waals surface area contributed by atoms with Gasteiger partial charge in [0.15, 0.2) is 0 Å². The van der Waals surface area contributed by atoms with E-state index in [1.807, 2.05) is 30.3 Å². The number of carbonyl (C=O) groups excluding carboxylic acids is 1. The third kappa shape index (κ3) is 2.56. The van der Waals surface area contributed by atoms with Crippen molar-refractivity contribution in [1.82, 2.24) is 10.3 Å². The van der Waals surface area contributed by atoms with E-state index in [9.17, 15) is 9.90 Å². The highest BCUT2D eigenvalue weighted by molar-refractivity contribution is 5.98. The summed E-state index contributed by atoms with van der Waals surface area (Å²) in [4.78, 5) is 14.7. The van der Waals surface area contributed by atoms with E-state index in [2.05, 4.69) is 10.3 Å². The number of hydrogen-bond acceptors (Lipinski definition) is 3. The summed E-state index contributed by atoms with van der Waals surface area (Å²) in [5.74, 6) is 0.237. The van der Waals surface area contributed by atoms with Crippen LogP contribution in [0.1, 0.15) is 5.56 Å². The Morgan fingerprint density at radius 2 is 2.05 bits per heavy atom. The summed E-state index contributed by atoms with van der Waals surface area (Å²) < 4.78 is 0. The maximum atomic E-state index is 10.5. The summed E-state index contributed by atoms with van der Waals surface area (Å²) in [6, 6.07) is 13.1. The van der Waals surface area contributed by atoms with Crippen LogP contribution in [0.15, 0.2) is 54.9 Å². The summed E-state index contributed by atoms with van der Waals surface area (Å²) in [5.41, 5.74) is 2.98. The highest BCUT2D eigenvalue weighted by atomic mass is 16.3. The predicted octanol–water partition coefficient (Wildman–Crippen LogP) is 2.85. The van der Waals surface area contributed by atoms with Gasteiger partial charge in [0.2, 0.25) is 6.41 Å². The fourth-order valence-electron chi connectivity index (χ4n) is 2.48. The second kappa shape index (κ2) is 5.63. The van der Waals surface area contributed by atoms with Gasteiger partial charge in [-0.25, -0.2) is 0 Å². The number of pyridine rings is 1. The molecule has 0 saturated heterocycles. The molecule has 0 saturated carbocycles. The molecule has 4 heteroatoms. The van der Waals surface area contributed by atoms with Crippen molar-refractivity contribution in [2.75, 3.05) is 0 Å². The fraction of sp³-hybridized carbons (Fsp3) is 0.0588. The molecule has 0 radical (unpaired) electrons. The van der Waals surface area contributed by atoms with Crippen molar-refractivity contribution in [3.05, 3.63) is 60.4 Å². The quantitative estimate of drug-likeness (QED) is 0.721. The highest BCUT2D eigenvalue weighted by Gasteiger charge is 2.08. The number of fused-ring (bicyclic) bond motifs is 1. The lowest BCUT2D eigenvalue weighted by molar-refractivity contribution is -0.109. The van der Waals surface area contributed by atoms with Crippen molar-refractivity contribution in [2.24, 2.45) is 0 Å². The number of aromatic nitrogens is 1. The minimum Gasteiger partial charge on any atom is -0.508 e. The zero-order chi connectivity index (χ0) is 14.7. The van der Waals surface area contributed by atoms with Gasteiger partial charge in [-0.05, 0) is 40.3 Å². The third-order valence-corrected chi connectivity index (χ3v) is 3.44. The van der Waals surface area contributed by atoms with Gasteiger partial charge in [0.05, 0.1) is 0 Å². The average molecular weight is 278 g/mol. The van der Waals surface area contributed by atoms with E-state index in [0.717, 1.165) is 27.5 Å². The van der Waals surface area contributed by atoms with Gasteiger partial charge in [-0.2, -0.15) is 0 Å². The zero-order valence-electron chi connectivity index (χ0n) is 11.3. The molecular weight excluding hydrogens is 264 g/mol. The van der Waals surface area contributed by atoms with Crippen LogP contribution in [0.2, 0.25) is 0 Å². The Kier molecular flexibility index (Phi) is 3.51.